The van der Waals surface area contributed by atoms with Crippen LogP contribution in [-0.2, 0) is 9.53 Å². The van der Waals surface area contributed by atoms with E-state index < -0.39 is 0 Å². The van der Waals surface area contributed by atoms with Crippen molar-refractivity contribution in [1.29, 1.82) is 0 Å². The fourth-order valence-electron chi connectivity index (χ4n) is 1.82. The number of carbonyl (C=O) groups excluding carboxylic acids is 1. The third kappa shape index (κ3) is 4.00. The molecule has 0 aliphatic heterocycles. The van der Waals surface area contributed by atoms with Crippen molar-refractivity contribution in [2.75, 3.05) is 13.7 Å². The maximum absolute atomic E-state index is 11.2. The van der Waals surface area contributed by atoms with Gasteiger partial charge in [-0.2, -0.15) is 0 Å². The van der Waals surface area contributed by atoms with Crippen molar-refractivity contribution in [3.05, 3.63) is 47.0 Å². The highest BCUT2D eigenvalue weighted by atomic mass is 16.5. The van der Waals surface area contributed by atoms with Gasteiger partial charge in [-0.1, -0.05) is 30.3 Å². The Hall–Kier alpha value is -1.61. The van der Waals surface area contributed by atoms with Crippen LogP contribution in [0.25, 0.3) is 0 Å². The molecule has 0 fully saturated rings. The monoisotopic (exact) mass is 247 g/mol. The van der Waals surface area contributed by atoms with E-state index in [1.807, 2.05) is 18.2 Å². The summed E-state index contributed by atoms with van der Waals surface area (Å²) in [5.74, 6) is -0.277. The predicted molar refractivity (Wildman–Crippen MR) is 73.4 cm³/mol. The van der Waals surface area contributed by atoms with E-state index in [1.165, 1.54) is 18.2 Å². The van der Waals surface area contributed by atoms with E-state index >= 15 is 0 Å². The van der Waals surface area contributed by atoms with E-state index in [-0.39, 0.29) is 12.0 Å². The number of hydrogen-bond acceptors (Lipinski definition) is 3. The smallest absolute Gasteiger partial charge is 0.333 e. The van der Waals surface area contributed by atoms with Gasteiger partial charge in [0.2, 0.25) is 0 Å². The topological polar surface area (TPSA) is 38.3 Å². The molecule has 3 nitrogen and oxygen atoms in total. The van der Waals surface area contributed by atoms with Crippen molar-refractivity contribution in [3.63, 3.8) is 0 Å². The number of hydrogen-bond donors (Lipinski definition) is 1. The molecule has 1 aromatic rings. The van der Waals surface area contributed by atoms with Crippen LogP contribution < -0.4 is 5.32 Å². The number of nitrogens with one attached hydrogen (secondary N) is 1. The Labute approximate surface area is 109 Å². The van der Waals surface area contributed by atoms with Gasteiger partial charge in [0.05, 0.1) is 7.11 Å². The summed E-state index contributed by atoms with van der Waals surface area (Å²) in [5.41, 5.74) is 3.18. The van der Waals surface area contributed by atoms with Crippen molar-refractivity contribution in [1.82, 2.24) is 5.32 Å². The highest BCUT2D eigenvalue weighted by Gasteiger charge is 2.07. The molecule has 0 spiro atoms. The van der Waals surface area contributed by atoms with E-state index in [1.54, 1.807) is 6.92 Å². The molecule has 3 heteroatoms. The number of aryl methyl sites for hydroxylation is 1. The molecule has 0 radical (unpaired) electrons. The quantitative estimate of drug-likeness (QED) is 0.642. The fraction of sp³-hybridized carbons (Fsp3) is 0.400. The lowest BCUT2D eigenvalue weighted by Gasteiger charge is -2.15. The first-order chi connectivity index (χ1) is 8.56. The highest BCUT2D eigenvalue weighted by Crippen LogP contribution is 2.16. The van der Waals surface area contributed by atoms with E-state index in [9.17, 15) is 4.79 Å². The summed E-state index contributed by atoms with van der Waals surface area (Å²) < 4.78 is 4.64. The minimum atomic E-state index is -0.277. The molecule has 0 aliphatic rings. The number of benzene rings is 1. The molecule has 0 saturated carbocycles. The first-order valence-electron chi connectivity index (χ1n) is 6.10. The lowest BCUT2D eigenvalue weighted by Crippen LogP contribution is -2.20. The standard InChI is InChI=1S/C15H21NO2/c1-11-7-5-6-8-14(11)13(3)16-10-9-12(2)15(17)18-4/h5-9,13,16H,10H2,1-4H3/b12-9+. The van der Waals surface area contributed by atoms with Gasteiger partial charge in [-0.05, 0) is 31.9 Å². The van der Waals surface area contributed by atoms with Crippen molar-refractivity contribution >= 4 is 5.97 Å². The summed E-state index contributed by atoms with van der Waals surface area (Å²) in [6, 6.07) is 8.54. The third-order valence-corrected chi connectivity index (χ3v) is 2.99. The predicted octanol–water partition coefficient (Wildman–Crippen LogP) is 2.76. The van der Waals surface area contributed by atoms with Crippen LogP contribution in [0.1, 0.15) is 31.0 Å². The maximum atomic E-state index is 11.2. The largest absolute Gasteiger partial charge is 0.466 e. The van der Waals surface area contributed by atoms with Gasteiger partial charge >= 0.3 is 5.97 Å². The van der Waals surface area contributed by atoms with Crippen LogP contribution in [0.3, 0.4) is 0 Å². The van der Waals surface area contributed by atoms with Gasteiger partial charge < -0.3 is 10.1 Å². The van der Waals surface area contributed by atoms with E-state index in [2.05, 4.69) is 36.0 Å². The average Bonchev–Trinajstić information content (AvgIpc) is 2.37. The van der Waals surface area contributed by atoms with Gasteiger partial charge in [0.15, 0.2) is 0 Å². The molecule has 1 aromatic carbocycles. The molecule has 1 atom stereocenters. The first kappa shape index (κ1) is 14.5. The molecule has 1 rings (SSSR count). The molecule has 0 heterocycles. The van der Waals surface area contributed by atoms with Crippen LogP contribution in [-0.4, -0.2) is 19.6 Å². The average molecular weight is 247 g/mol. The van der Waals surface area contributed by atoms with Crippen LogP contribution in [0.4, 0.5) is 0 Å². The van der Waals surface area contributed by atoms with Gasteiger partial charge in [-0.3, -0.25) is 0 Å². The summed E-state index contributed by atoms with van der Waals surface area (Å²) >= 11 is 0. The zero-order valence-corrected chi connectivity index (χ0v) is 11.5. The van der Waals surface area contributed by atoms with Crippen molar-refractivity contribution in [2.24, 2.45) is 0 Å². The molecule has 18 heavy (non-hydrogen) atoms. The Morgan fingerprint density at radius 3 is 2.72 bits per heavy atom. The minimum absolute atomic E-state index is 0.257. The van der Waals surface area contributed by atoms with Crippen LogP contribution in [0.2, 0.25) is 0 Å². The summed E-state index contributed by atoms with van der Waals surface area (Å²) in [6.45, 7) is 6.62. The van der Waals surface area contributed by atoms with Gasteiger partial charge in [-0.25, -0.2) is 4.79 Å². The van der Waals surface area contributed by atoms with Gasteiger partial charge in [0, 0.05) is 18.2 Å². The lowest BCUT2D eigenvalue weighted by molar-refractivity contribution is -0.136. The van der Waals surface area contributed by atoms with Gasteiger partial charge in [0.1, 0.15) is 0 Å². The summed E-state index contributed by atoms with van der Waals surface area (Å²) in [5, 5.41) is 3.37. The van der Waals surface area contributed by atoms with Crippen LogP contribution in [0.15, 0.2) is 35.9 Å². The molecular formula is C15H21NO2. The number of carbonyl (C=O) groups is 1. The summed E-state index contributed by atoms with van der Waals surface area (Å²) in [7, 11) is 1.39. The molecule has 0 saturated heterocycles. The molecule has 0 amide bonds. The summed E-state index contributed by atoms with van der Waals surface area (Å²) in [4.78, 5) is 11.2. The van der Waals surface area contributed by atoms with Crippen LogP contribution in [0, 0.1) is 6.92 Å². The molecule has 0 aliphatic carbocycles. The lowest BCUT2D eigenvalue weighted by atomic mass is 10.0. The normalized spacial score (nSPS) is 13.2. The van der Waals surface area contributed by atoms with E-state index in [4.69, 9.17) is 0 Å². The fourth-order valence-corrected chi connectivity index (χ4v) is 1.82. The highest BCUT2D eigenvalue weighted by molar-refractivity contribution is 5.87. The number of rotatable bonds is 5. The Balaban J connectivity index is 2.55. The number of methoxy groups -OCH3 is 1. The maximum Gasteiger partial charge on any atom is 0.333 e. The Morgan fingerprint density at radius 2 is 2.11 bits per heavy atom. The van der Waals surface area contributed by atoms with Crippen molar-refractivity contribution < 1.29 is 9.53 Å². The van der Waals surface area contributed by atoms with Crippen LogP contribution >= 0.6 is 0 Å². The molecule has 0 bridgehead atoms. The Kier molecular flexibility index (Phi) is 5.59. The number of esters is 1. The minimum Gasteiger partial charge on any atom is -0.466 e. The zero-order valence-electron chi connectivity index (χ0n) is 11.5. The van der Waals surface area contributed by atoms with Crippen molar-refractivity contribution in [3.8, 4) is 0 Å². The van der Waals surface area contributed by atoms with E-state index in [0.717, 1.165) is 0 Å². The first-order valence-corrected chi connectivity index (χ1v) is 6.10. The van der Waals surface area contributed by atoms with Crippen LogP contribution in [0.5, 0.6) is 0 Å². The molecule has 1 unspecified atom stereocenters. The molecular weight excluding hydrogens is 226 g/mol. The molecule has 98 valence electrons. The molecule has 1 N–H and O–H groups in total. The Morgan fingerprint density at radius 1 is 1.44 bits per heavy atom. The molecule has 0 aromatic heterocycles. The SMILES string of the molecule is COC(=O)/C(C)=C/CNC(C)c1ccccc1C. The van der Waals surface area contributed by atoms with Gasteiger partial charge in [-0.15, -0.1) is 0 Å². The third-order valence-electron chi connectivity index (χ3n) is 2.99. The van der Waals surface area contributed by atoms with Crippen molar-refractivity contribution in [2.45, 2.75) is 26.8 Å². The zero-order chi connectivity index (χ0) is 13.5. The second kappa shape index (κ2) is 6.97. The summed E-state index contributed by atoms with van der Waals surface area (Å²) in [6.07, 6.45) is 1.85. The second-order valence-corrected chi connectivity index (χ2v) is 4.37. The van der Waals surface area contributed by atoms with E-state index in [0.29, 0.717) is 12.1 Å². The Bertz CT molecular complexity index is 438. The number of ether oxygens (including phenoxy) is 1. The second-order valence-electron chi connectivity index (χ2n) is 4.37. The van der Waals surface area contributed by atoms with Gasteiger partial charge in [0.25, 0.3) is 0 Å².